The Balaban J connectivity index is 1.88. The van der Waals surface area contributed by atoms with Crippen LogP contribution in [0.3, 0.4) is 0 Å². The maximum Gasteiger partial charge on any atom is 0.307 e. The van der Waals surface area contributed by atoms with E-state index in [0.29, 0.717) is 25.4 Å². The predicted octanol–water partition coefficient (Wildman–Crippen LogP) is 2.70. The van der Waals surface area contributed by atoms with E-state index >= 15 is 0 Å². The minimum Gasteiger partial charge on any atom is -0.484 e. The van der Waals surface area contributed by atoms with Gasteiger partial charge in [-0.05, 0) is 37.5 Å². The van der Waals surface area contributed by atoms with E-state index in [1.165, 1.54) is 0 Å². The fourth-order valence-electron chi connectivity index (χ4n) is 2.78. The summed E-state index contributed by atoms with van der Waals surface area (Å²) in [5.74, 6) is 0.236. The van der Waals surface area contributed by atoms with Crippen LogP contribution in [0.15, 0.2) is 43.0 Å². The Labute approximate surface area is 166 Å². The molecule has 7 heteroatoms. The summed E-state index contributed by atoms with van der Waals surface area (Å²) in [5, 5.41) is 0. The Morgan fingerprint density at radius 1 is 1.21 bits per heavy atom. The second kappa shape index (κ2) is 11.8. The van der Waals surface area contributed by atoms with Crippen LogP contribution in [0.1, 0.15) is 32.3 Å². The number of carbonyl (C=O) groups is 2. The molecule has 7 nitrogen and oxygen atoms in total. The maximum absolute atomic E-state index is 12.7. The van der Waals surface area contributed by atoms with Gasteiger partial charge < -0.3 is 18.9 Å². The second-order valence-electron chi connectivity index (χ2n) is 6.38. The van der Waals surface area contributed by atoms with Gasteiger partial charge in [0.25, 0.3) is 5.91 Å². The molecule has 28 heavy (non-hydrogen) atoms. The number of aromatic nitrogens is 2. The van der Waals surface area contributed by atoms with Crippen molar-refractivity contribution in [2.45, 2.75) is 39.7 Å². The third-order valence-electron chi connectivity index (χ3n) is 4.32. The monoisotopic (exact) mass is 387 g/mol. The van der Waals surface area contributed by atoms with Gasteiger partial charge in [-0.3, -0.25) is 9.59 Å². The molecule has 1 heterocycles. The van der Waals surface area contributed by atoms with Gasteiger partial charge in [0.15, 0.2) is 6.61 Å². The number of imidazole rings is 1. The van der Waals surface area contributed by atoms with Gasteiger partial charge in [-0.2, -0.15) is 0 Å². The molecule has 152 valence electrons. The first-order valence-corrected chi connectivity index (χ1v) is 9.73. The summed E-state index contributed by atoms with van der Waals surface area (Å²) in [5.41, 5.74) is 1.16. The second-order valence-corrected chi connectivity index (χ2v) is 6.38. The van der Waals surface area contributed by atoms with Crippen molar-refractivity contribution in [2.75, 3.05) is 26.3 Å². The molecule has 0 fully saturated rings. The number of esters is 1. The molecule has 0 radical (unpaired) electrons. The van der Waals surface area contributed by atoms with Crippen LogP contribution < -0.4 is 4.74 Å². The number of hydrogen-bond donors (Lipinski definition) is 0. The highest BCUT2D eigenvalue weighted by Gasteiger charge is 2.16. The van der Waals surface area contributed by atoms with Crippen LogP contribution in [0, 0.1) is 0 Å². The Morgan fingerprint density at radius 2 is 2.07 bits per heavy atom. The third-order valence-corrected chi connectivity index (χ3v) is 4.32. The van der Waals surface area contributed by atoms with Crippen molar-refractivity contribution in [3.05, 3.63) is 48.5 Å². The SMILES string of the molecule is CCOC(=O)CCN(CCCn1ccnc1)C(=O)COc1cccc(CC)c1. The van der Waals surface area contributed by atoms with Crippen molar-refractivity contribution in [2.24, 2.45) is 0 Å². The zero-order valence-corrected chi connectivity index (χ0v) is 16.7. The number of aryl methyl sites for hydroxylation is 2. The molecule has 0 bridgehead atoms. The molecule has 0 saturated heterocycles. The van der Waals surface area contributed by atoms with Crippen LogP contribution in [-0.4, -0.2) is 52.6 Å². The zero-order valence-electron chi connectivity index (χ0n) is 16.7. The van der Waals surface area contributed by atoms with Crippen molar-refractivity contribution >= 4 is 11.9 Å². The van der Waals surface area contributed by atoms with Crippen molar-refractivity contribution in [1.29, 1.82) is 0 Å². The van der Waals surface area contributed by atoms with Crippen LogP contribution in [0.2, 0.25) is 0 Å². The lowest BCUT2D eigenvalue weighted by Crippen LogP contribution is -2.37. The van der Waals surface area contributed by atoms with Crippen molar-refractivity contribution in [3.63, 3.8) is 0 Å². The molecule has 1 aromatic carbocycles. The van der Waals surface area contributed by atoms with E-state index in [1.54, 1.807) is 24.3 Å². The third kappa shape index (κ3) is 7.42. The zero-order chi connectivity index (χ0) is 20.2. The van der Waals surface area contributed by atoms with Crippen molar-refractivity contribution in [3.8, 4) is 5.75 Å². The summed E-state index contributed by atoms with van der Waals surface area (Å²) in [6.07, 6.45) is 7.20. The van der Waals surface area contributed by atoms with Crippen molar-refractivity contribution in [1.82, 2.24) is 14.5 Å². The quantitative estimate of drug-likeness (QED) is 0.524. The van der Waals surface area contributed by atoms with Crippen LogP contribution in [0.5, 0.6) is 5.75 Å². The van der Waals surface area contributed by atoms with Gasteiger partial charge in [0.1, 0.15) is 5.75 Å². The largest absolute Gasteiger partial charge is 0.484 e. The minimum atomic E-state index is -0.300. The number of rotatable bonds is 12. The van der Waals surface area contributed by atoms with Gasteiger partial charge in [0, 0.05) is 32.0 Å². The summed E-state index contributed by atoms with van der Waals surface area (Å²) in [7, 11) is 0. The summed E-state index contributed by atoms with van der Waals surface area (Å²) in [6.45, 7) is 5.73. The van der Waals surface area contributed by atoms with Gasteiger partial charge in [0.05, 0.1) is 19.4 Å². The Bertz CT molecular complexity index is 731. The van der Waals surface area contributed by atoms with Gasteiger partial charge in [0.2, 0.25) is 0 Å². The molecular weight excluding hydrogens is 358 g/mol. The highest BCUT2D eigenvalue weighted by Crippen LogP contribution is 2.14. The fourth-order valence-corrected chi connectivity index (χ4v) is 2.78. The van der Waals surface area contributed by atoms with E-state index in [0.717, 1.165) is 24.9 Å². The van der Waals surface area contributed by atoms with E-state index in [4.69, 9.17) is 9.47 Å². The van der Waals surface area contributed by atoms with Gasteiger partial charge in [-0.15, -0.1) is 0 Å². The first-order valence-electron chi connectivity index (χ1n) is 9.73. The predicted molar refractivity (Wildman–Crippen MR) is 106 cm³/mol. The van der Waals surface area contributed by atoms with E-state index in [-0.39, 0.29) is 24.9 Å². The maximum atomic E-state index is 12.7. The minimum absolute atomic E-state index is 0.0545. The Kier molecular flexibility index (Phi) is 9.04. The molecular formula is C21H29N3O4. The van der Waals surface area contributed by atoms with Crippen molar-refractivity contribution < 1.29 is 19.1 Å². The topological polar surface area (TPSA) is 73.7 Å². The van der Waals surface area contributed by atoms with Gasteiger partial charge in [-0.1, -0.05) is 19.1 Å². The Hall–Kier alpha value is -2.83. The molecule has 2 rings (SSSR count). The van der Waals surface area contributed by atoms with Crippen LogP contribution >= 0.6 is 0 Å². The molecule has 0 unspecified atom stereocenters. The molecule has 1 amide bonds. The molecule has 0 aliphatic heterocycles. The summed E-state index contributed by atoms with van der Waals surface area (Å²) < 4.78 is 12.6. The Morgan fingerprint density at radius 3 is 2.79 bits per heavy atom. The van der Waals surface area contributed by atoms with E-state index in [1.807, 2.05) is 35.0 Å². The lowest BCUT2D eigenvalue weighted by Gasteiger charge is -2.22. The standard InChI is InChI=1S/C21H29N3O4/c1-3-18-7-5-8-19(15-18)28-16-20(25)24(13-9-21(26)27-4-2)12-6-11-23-14-10-22-17-23/h5,7-8,10,14-15,17H,3-4,6,9,11-13,16H2,1-2H3. The van der Waals surface area contributed by atoms with Crippen LogP contribution in [0.4, 0.5) is 0 Å². The molecule has 0 aliphatic carbocycles. The number of amides is 1. The molecule has 0 saturated carbocycles. The number of nitrogens with zero attached hydrogens (tertiary/aromatic N) is 3. The summed E-state index contributed by atoms with van der Waals surface area (Å²) >= 11 is 0. The number of hydrogen-bond acceptors (Lipinski definition) is 5. The van der Waals surface area contributed by atoms with E-state index in [2.05, 4.69) is 11.9 Å². The molecule has 1 aromatic heterocycles. The molecule has 0 N–H and O–H groups in total. The van der Waals surface area contributed by atoms with E-state index < -0.39 is 0 Å². The number of benzene rings is 1. The first-order chi connectivity index (χ1) is 13.6. The molecule has 2 aromatic rings. The number of ether oxygens (including phenoxy) is 2. The highest BCUT2D eigenvalue weighted by atomic mass is 16.5. The van der Waals surface area contributed by atoms with E-state index in [9.17, 15) is 9.59 Å². The smallest absolute Gasteiger partial charge is 0.307 e. The molecule has 0 aliphatic rings. The van der Waals surface area contributed by atoms with Crippen LogP contribution in [0.25, 0.3) is 0 Å². The highest BCUT2D eigenvalue weighted by molar-refractivity contribution is 5.78. The molecule has 0 spiro atoms. The normalized spacial score (nSPS) is 10.5. The van der Waals surface area contributed by atoms with Gasteiger partial charge >= 0.3 is 5.97 Å². The van der Waals surface area contributed by atoms with Gasteiger partial charge in [-0.25, -0.2) is 4.98 Å². The van der Waals surface area contributed by atoms with Crippen LogP contribution in [-0.2, 0) is 27.3 Å². The average Bonchev–Trinajstić information content (AvgIpc) is 3.22. The lowest BCUT2D eigenvalue weighted by atomic mass is 10.2. The first kappa shape index (κ1) is 21.5. The lowest BCUT2D eigenvalue weighted by molar-refractivity contribution is -0.144. The summed E-state index contributed by atoms with van der Waals surface area (Å²) in [4.78, 5) is 30.0. The fraction of sp³-hybridized carbons (Fsp3) is 0.476. The molecule has 0 atom stereocenters. The average molecular weight is 387 g/mol. The summed E-state index contributed by atoms with van der Waals surface area (Å²) in [6, 6.07) is 7.72. The number of carbonyl (C=O) groups excluding carboxylic acids is 2.